The van der Waals surface area contributed by atoms with E-state index < -0.39 is 0 Å². The van der Waals surface area contributed by atoms with Crippen LogP contribution in [0.2, 0.25) is 0 Å². The predicted molar refractivity (Wildman–Crippen MR) is 96.6 cm³/mol. The summed E-state index contributed by atoms with van der Waals surface area (Å²) < 4.78 is 3.98. The molecule has 0 unspecified atom stereocenters. The third kappa shape index (κ3) is 2.38. The Bertz CT molecular complexity index is 995. The van der Waals surface area contributed by atoms with E-state index in [0.717, 1.165) is 33.7 Å². The Balaban J connectivity index is 1.60. The molecule has 6 heteroatoms. The van der Waals surface area contributed by atoms with E-state index in [1.54, 1.807) is 12.4 Å². The average molecular weight is 316 g/mol. The number of aromatic nitrogens is 4. The molecular formula is C18H16N6. The van der Waals surface area contributed by atoms with Crippen molar-refractivity contribution in [3.8, 4) is 0 Å². The lowest BCUT2D eigenvalue weighted by molar-refractivity contribution is 0.929. The molecular weight excluding hydrogens is 300 g/mol. The molecule has 0 radical (unpaired) electrons. The van der Waals surface area contributed by atoms with Gasteiger partial charge < -0.3 is 9.13 Å². The van der Waals surface area contributed by atoms with Gasteiger partial charge in [0, 0.05) is 14.1 Å². The molecule has 0 spiro atoms. The third-order valence-electron chi connectivity index (χ3n) is 4.06. The Morgan fingerprint density at radius 3 is 1.54 bits per heavy atom. The summed E-state index contributed by atoms with van der Waals surface area (Å²) in [6, 6.07) is 16.0. The maximum absolute atomic E-state index is 4.53. The van der Waals surface area contributed by atoms with Crippen LogP contribution in [0, 0.1) is 0 Å². The average Bonchev–Trinajstić information content (AvgIpc) is 3.10. The highest BCUT2D eigenvalue weighted by atomic mass is 15.2. The molecule has 0 aliphatic rings. The first-order valence-electron chi connectivity index (χ1n) is 7.63. The van der Waals surface area contributed by atoms with Gasteiger partial charge in [-0.25, -0.2) is 9.97 Å². The molecule has 2 aromatic heterocycles. The number of benzene rings is 2. The van der Waals surface area contributed by atoms with Gasteiger partial charge in [0.1, 0.15) is 0 Å². The lowest BCUT2D eigenvalue weighted by Crippen LogP contribution is -1.97. The molecule has 0 fully saturated rings. The highest BCUT2D eigenvalue weighted by Gasteiger charge is 2.05. The lowest BCUT2D eigenvalue weighted by atomic mass is 10.3. The molecule has 0 bridgehead atoms. The largest absolute Gasteiger partial charge is 0.326 e. The Labute approximate surface area is 138 Å². The molecule has 2 aromatic carbocycles. The number of fused-ring (bicyclic) bond motifs is 2. The van der Waals surface area contributed by atoms with Gasteiger partial charge in [-0.05, 0) is 24.3 Å². The molecule has 4 rings (SSSR count). The standard InChI is InChI=1S/C18H16N6/c1-23-15-9-5-3-7-13(15)21-17(23)11-19-20-12-18-22-14-8-4-6-10-16(14)24(18)2/h3-12H,1-2H3. The van der Waals surface area contributed by atoms with Crippen LogP contribution in [0.15, 0.2) is 58.7 Å². The van der Waals surface area contributed by atoms with Gasteiger partial charge in [0.2, 0.25) is 0 Å². The zero-order valence-corrected chi connectivity index (χ0v) is 13.5. The van der Waals surface area contributed by atoms with Crippen molar-refractivity contribution < 1.29 is 0 Å². The monoisotopic (exact) mass is 316 g/mol. The first-order valence-corrected chi connectivity index (χ1v) is 7.63. The molecule has 0 N–H and O–H groups in total. The van der Waals surface area contributed by atoms with Crippen LogP contribution in [0.25, 0.3) is 22.1 Å². The second kappa shape index (κ2) is 5.73. The summed E-state index contributed by atoms with van der Waals surface area (Å²) in [6.07, 6.45) is 3.30. The predicted octanol–water partition coefficient (Wildman–Crippen LogP) is 2.91. The maximum Gasteiger partial charge on any atom is 0.153 e. The Morgan fingerprint density at radius 1 is 0.708 bits per heavy atom. The van der Waals surface area contributed by atoms with E-state index in [1.165, 1.54) is 0 Å². The molecule has 0 aliphatic heterocycles. The Hall–Kier alpha value is -3.28. The van der Waals surface area contributed by atoms with Crippen molar-refractivity contribution in [1.29, 1.82) is 0 Å². The van der Waals surface area contributed by atoms with Crippen molar-refractivity contribution in [2.45, 2.75) is 0 Å². The van der Waals surface area contributed by atoms with E-state index in [0.29, 0.717) is 0 Å². The number of rotatable bonds is 3. The third-order valence-corrected chi connectivity index (χ3v) is 4.06. The molecule has 0 aliphatic carbocycles. The minimum atomic E-state index is 0.762. The summed E-state index contributed by atoms with van der Waals surface area (Å²) in [6.45, 7) is 0. The van der Waals surface area contributed by atoms with Crippen molar-refractivity contribution in [2.75, 3.05) is 0 Å². The second-order valence-electron chi connectivity index (χ2n) is 5.52. The number of aryl methyl sites for hydroxylation is 2. The molecule has 24 heavy (non-hydrogen) atoms. The van der Waals surface area contributed by atoms with Gasteiger partial charge in [-0.15, -0.1) is 0 Å². The van der Waals surface area contributed by atoms with Crippen LogP contribution >= 0.6 is 0 Å². The van der Waals surface area contributed by atoms with Crippen molar-refractivity contribution in [3.05, 3.63) is 60.2 Å². The van der Waals surface area contributed by atoms with E-state index in [9.17, 15) is 0 Å². The van der Waals surface area contributed by atoms with Crippen molar-refractivity contribution in [3.63, 3.8) is 0 Å². The minimum Gasteiger partial charge on any atom is -0.326 e. The number of nitrogens with zero attached hydrogens (tertiary/aromatic N) is 6. The minimum absolute atomic E-state index is 0.762. The Kier molecular flexibility index (Phi) is 3.42. The van der Waals surface area contributed by atoms with E-state index in [4.69, 9.17) is 0 Å². The normalized spacial score (nSPS) is 12.2. The summed E-state index contributed by atoms with van der Waals surface area (Å²) in [4.78, 5) is 9.06. The quantitative estimate of drug-likeness (QED) is 0.431. The second-order valence-corrected chi connectivity index (χ2v) is 5.52. The van der Waals surface area contributed by atoms with E-state index in [1.807, 2.05) is 71.8 Å². The number of imidazole rings is 2. The van der Waals surface area contributed by atoms with Gasteiger partial charge in [-0.1, -0.05) is 24.3 Å². The fourth-order valence-corrected chi connectivity index (χ4v) is 2.73. The zero-order valence-electron chi connectivity index (χ0n) is 13.5. The van der Waals surface area contributed by atoms with Gasteiger partial charge in [0.05, 0.1) is 34.5 Å². The van der Waals surface area contributed by atoms with Crippen LogP contribution in [0.5, 0.6) is 0 Å². The van der Waals surface area contributed by atoms with Gasteiger partial charge in [0.15, 0.2) is 11.6 Å². The molecule has 6 nitrogen and oxygen atoms in total. The molecule has 0 saturated carbocycles. The van der Waals surface area contributed by atoms with Crippen LogP contribution in [0.3, 0.4) is 0 Å². The van der Waals surface area contributed by atoms with E-state index in [-0.39, 0.29) is 0 Å². The summed E-state index contributed by atoms with van der Waals surface area (Å²) in [7, 11) is 3.93. The van der Waals surface area contributed by atoms with Gasteiger partial charge in [0.25, 0.3) is 0 Å². The van der Waals surface area contributed by atoms with Crippen molar-refractivity contribution >= 4 is 34.5 Å². The number of para-hydroxylation sites is 4. The van der Waals surface area contributed by atoms with E-state index >= 15 is 0 Å². The first-order chi connectivity index (χ1) is 11.7. The molecule has 0 saturated heterocycles. The molecule has 4 aromatic rings. The smallest absolute Gasteiger partial charge is 0.153 e. The highest BCUT2D eigenvalue weighted by Crippen LogP contribution is 2.14. The zero-order chi connectivity index (χ0) is 16.5. The van der Waals surface area contributed by atoms with Crippen LogP contribution in [-0.4, -0.2) is 31.5 Å². The van der Waals surface area contributed by atoms with Crippen molar-refractivity contribution in [2.24, 2.45) is 24.3 Å². The first kappa shape index (κ1) is 14.3. The van der Waals surface area contributed by atoms with Gasteiger partial charge in [-0.2, -0.15) is 10.2 Å². The fourth-order valence-electron chi connectivity index (χ4n) is 2.73. The van der Waals surface area contributed by atoms with Crippen LogP contribution in [-0.2, 0) is 14.1 Å². The van der Waals surface area contributed by atoms with Crippen molar-refractivity contribution in [1.82, 2.24) is 19.1 Å². The maximum atomic E-state index is 4.53. The molecule has 2 heterocycles. The fraction of sp³-hybridized carbons (Fsp3) is 0.111. The van der Waals surface area contributed by atoms with Crippen LogP contribution in [0.4, 0.5) is 0 Å². The molecule has 0 amide bonds. The number of hydrogen-bond donors (Lipinski definition) is 0. The highest BCUT2D eigenvalue weighted by molar-refractivity contribution is 5.87. The summed E-state index contributed by atoms with van der Waals surface area (Å²) in [5, 5.41) is 8.22. The summed E-state index contributed by atoms with van der Waals surface area (Å²) >= 11 is 0. The Morgan fingerprint density at radius 2 is 1.12 bits per heavy atom. The topological polar surface area (TPSA) is 60.4 Å². The SMILES string of the molecule is Cn1c(C=NN=Cc2nc3ccccc3n2C)nc2ccccc21. The van der Waals surface area contributed by atoms with E-state index in [2.05, 4.69) is 20.2 Å². The number of hydrogen-bond acceptors (Lipinski definition) is 4. The van der Waals surface area contributed by atoms with Gasteiger partial charge >= 0.3 is 0 Å². The van der Waals surface area contributed by atoms with Crippen LogP contribution < -0.4 is 0 Å². The summed E-state index contributed by atoms with van der Waals surface area (Å²) in [5.74, 6) is 1.52. The van der Waals surface area contributed by atoms with Gasteiger partial charge in [-0.3, -0.25) is 0 Å². The molecule has 0 atom stereocenters. The summed E-state index contributed by atoms with van der Waals surface area (Å²) in [5.41, 5.74) is 4.03. The lowest BCUT2D eigenvalue weighted by Gasteiger charge is -1.95. The van der Waals surface area contributed by atoms with Crippen LogP contribution in [0.1, 0.15) is 11.6 Å². The molecule has 118 valence electrons.